The summed E-state index contributed by atoms with van der Waals surface area (Å²) in [5.74, 6) is -0.810. The van der Waals surface area contributed by atoms with Crippen molar-refractivity contribution < 1.29 is 9.18 Å². The van der Waals surface area contributed by atoms with Crippen LogP contribution >= 0.6 is 0 Å². The molecule has 0 aliphatic heterocycles. The molecule has 0 aliphatic rings. The van der Waals surface area contributed by atoms with Crippen LogP contribution in [0.2, 0.25) is 0 Å². The first kappa shape index (κ1) is 10.2. The number of hydrogen-bond donors (Lipinski definition) is 3. The highest BCUT2D eigenvalue weighted by Crippen LogP contribution is 2.07. The third kappa shape index (κ3) is 3.22. The van der Waals surface area contributed by atoms with Gasteiger partial charge in [-0.1, -0.05) is 0 Å². The van der Waals surface area contributed by atoms with E-state index in [0.29, 0.717) is 5.69 Å². The SMILES string of the molecule is CC(=O)NC(=N)Nc1ccc(F)cc1. The van der Waals surface area contributed by atoms with Crippen molar-refractivity contribution in [3.05, 3.63) is 30.1 Å². The summed E-state index contributed by atoms with van der Waals surface area (Å²) in [4.78, 5) is 10.5. The molecule has 0 spiro atoms. The zero-order valence-electron chi connectivity index (χ0n) is 7.60. The Hall–Kier alpha value is -1.91. The quantitative estimate of drug-likeness (QED) is 0.467. The molecule has 4 nitrogen and oxygen atoms in total. The molecule has 0 heterocycles. The Morgan fingerprint density at radius 2 is 1.93 bits per heavy atom. The van der Waals surface area contributed by atoms with Gasteiger partial charge in [-0.25, -0.2) is 4.39 Å². The number of carbonyl (C=O) groups excluding carboxylic acids is 1. The summed E-state index contributed by atoms with van der Waals surface area (Å²) in [7, 11) is 0. The number of hydrogen-bond acceptors (Lipinski definition) is 2. The molecule has 3 N–H and O–H groups in total. The minimum absolute atomic E-state index is 0.135. The van der Waals surface area contributed by atoms with Crippen molar-refractivity contribution in [1.29, 1.82) is 5.41 Å². The number of benzene rings is 1. The Kier molecular flexibility index (Phi) is 3.17. The van der Waals surface area contributed by atoms with Gasteiger partial charge < -0.3 is 5.32 Å². The van der Waals surface area contributed by atoms with E-state index >= 15 is 0 Å². The Morgan fingerprint density at radius 1 is 1.36 bits per heavy atom. The highest BCUT2D eigenvalue weighted by molar-refractivity contribution is 6.01. The lowest BCUT2D eigenvalue weighted by molar-refractivity contribution is -0.117. The highest BCUT2D eigenvalue weighted by atomic mass is 19.1. The fourth-order valence-corrected chi connectivity index (χ4v) is 0.885. The summed E-state index contributed by atoms with van der Waals surface area (Å²) in [6.07, 6.45) is 0. The molecule has 0 saturated heterocycles. The van der Waals surface area contributed by atoms with Crippen molar-refractivity contribution >= 4 is 17.6 Å². The Bertz CT molecular complexity index is 348. The summed E-state index contributed by atoms with van der Waals surface area (Å²) < 4.78 is 12.5. The third-order valence-electron chi connectivity index (χ3n) is 1.41. The largest absolute Gasteiger partial charge is 0.326 e. The molecular formula is C9H10FN3O. The van der Waals surface area contributed by atoms with E-state index in [4.69, 9.17) is 5.41 Å². The molecule has 0 unspecified atom stereocenters. The molecule has 0 aliphatic carbocycles. The van der Waals surface area contributed by atoms with Crippen molar-refractivity contribution in [2.75, 3.05) is 5.32 Å². The van der Waals surface area contributed by atoms with E-state index in [2.05, 4.69) is 10.6 Å². The fraction of sp³-hybridized carbons (Fsp3) is 0.111. The maximum absolute atomic E-state index is 12.5. The smallest absolute Gasteiger partial charge is 0.223 e. The second-order valence-corrected chi connectivity index (χ2v) is 2.69. The van der Waals surface area contributed by atoms with Gasteiger partial charge in [0.25, 0.3) is 0 Å². The molecule has 0 atom stereocenters. The minimum atomic E-state index is -0.346. The standard InChI is InChI=1S/C9H10FN3O/c1-6(14)12-9(11)13-8-4-2-7(10)3-5-8/h2-5H,1H3,(H3,11,12,13,14). The van der Waals surface area contributed by atoms with Crippen molar-refractivity contribution in [1.82, 2.24) is 5.32 Å². The monoisotopic (exact) mass is 195 g/mol. The van der Waals surface area contributed by atoms with Crippen LogP contribution in [-0.4, -0.2) is 11.9 Å². The van der Waals surface area contributed by atoms with E-state index in [0.717, 1.165) is 0 Å². The molecule has 1 aromatic carbocycles. The van der Waals surface area contributed by atoms with Gasteiger partial charge in [0.15, 0.2) is 5.96 Å². The van der Waals surface area contributed by atoms with Gasteiger partial charge in [0, 0.05) is 12.6 Å². The van der Waals surface area contributed by atoms with E-state index < -0.39 is 0 Å². The molecule has 5 heteroatoms. The minimum Gasteiger partial charge on any atom is -0.326 e. The molecule has 0 bridgehead atoms. The van der Waals surface area contributed by atoms with E-state index in [1.165, 1.54) is 31.2 Å². The molecule has 0 radical (unpaired) electrons. The Morgan fingerprint density at radius 3 is 2.43 bits per heavy atom. The first-order valence-corrected chi connectivity index (χ1v) is 3.96. The molecule has 1 amide bonds. The zero-order valence-corrected chi connectivity index (χ0v) is 7.60. The van der Waals surface area contributed by atoms with Gasteiger partial charge in [0.2, 0.25) is 5.91 Å². The summed E-state index contributed by atoms with van der Waals surface area (Å²) in [5.41, 5.74) is 0.546. The van der Waals surface area contributed by atoms with Gasteiger partial charge in [-0.05, 0) is 24.3 Å². The third-order valence-corrected chi connectivity index (χ3v) is 1.41. The fourth-order valence-electron chi connectivity index (χ4n) is 0.885. The van der Waals surface area contributed by atoms with Gasteiger partial charge in [-0.3, -0.25) is 15.5 Å². The van der Waals surface area contributed by atoms with Gasteiger partial charge in [-0.15, -0.1) is 0 Å². The molecule has 0 saturated carbocycles. The number of guanidine groups is 1. The predicted molar refractivity (Wildman–Crippen MR) is 51.6 cm³/mol. The van der Waals surface area contributed by atoms with Crippen LogP contribution in [0.3, 0.4) is 0 Å². The number of anilines is 1. The van der Waals surface area contributed by atoms with Crippen LogP contribution in [0, 0.1) is 11.2 Å². The van der Waals surface area contributed by atoms with Crippen LogP contribution < -0.4 is 10.6 Å². The predicted octanol–water partition coefficient (Wildman–Crippen LogP) is 1.31. The maximum atomic E-state index is 12.5. The van der Waals surface area contributed by atoms with E-state index in [1.54, 1.807) is 0 Å². The van der Waals surface area contributed by atoms with Gasteiger partial charge in [-0.2, -0.15) is 0 Å². The summed E-state index contributed by atoms with van der Waals surface area (Å²) in [6.45, 7) is 1.31. The highest BCUT2D eigenvalue weighted by Gasteiger charge is 1.99. The number of halogens is 1. The molecule has 1 aromatic rings. The van der Waals surface area contributed by atoms with Crippen LogP contribution in [0.5, 0.6) is 0 Å². The molecule has 14 heavy (non-hydrogen) atoms. The number of rotatable bonds is 1. The molecule has 0 fully saturated rings. The lowest BCUT2D eigenvalue weighted by atomic mass is 10.3. The zero-order chi connectivity index (χ0) is 10.6. The second kappa shape index (κ2) is 4.36. The van der Waals surface area contributed by atoms with Crippen LogP contribution in [0.4, 0.5) is 10.1 Å². The molecule has 0 aromatic heterocycles. The molecule has 1 rings (SSSR count). The molecule has 74 valence electrons. The number of amides is 1. The van der Waals surface area contributed by atoms with Gasteiger partial charge >= 0.3 is 0 Å². The van der Waals surface area contributed by atoms with Crippen molar-refractivity contribution in [3.8, 4) is 0 Å². The number of carbonyl (C=O) groups is 1. The van der Waals surface area contributed by atoms with E-state index in [1.807, 2.05) is 0 Å². The van der Waals surface area contributed by atoms with E-state index in [9.17, 15) is 9.18 Å². The van der Waals surface area contributed by atoms with Gasteiger partial charge in [0.05, 0.1) is 0 Å². The average molecular weight is 195 g/mol. The Labute approximate surface area is 80.6 Å². The number of nitrogens with one attached hydrogen (secondary N) is 3. The van der Waals surface area contributed by atoms with Crippen molar-refractivity contribution in [2.24, 2.45) is 0 Å². The van der Waals surface area contributed by atoms with Crippen LogP contribution in [0.25, 0.3) is 0 Å². The van der Waals surface area contributed by atoms with E-state index in [-0.39, 0.29) is 17.7 Å². The first-order valence-electron chi connectivity index (χ1n) is 3.96. The topological polar surface area (TPSA) is 65.0 Å². The lowest BCUT2D eigenvalue weighted by Gasteiger charge is -2.07. The summed E-state index contributed by atoms with van der Waals surface area (Å²) in [5, 5.41) is 12.1. The van der Waals surface area contributed by atoms with Crippen molar-refractivity contribution in [3.63, 3.8) is 0 Å². The van der Waals surface area contributed by atoms with Crippen LogP contribution in [0.1, 0.15) is 6.92 Å². The summed E-state index contributed by atoms with van der Waals surface area (Å²) >= 11 is 0. The first-order chi connectivity index (χ1) is 6.58. The maximum Gasteiger partial charge on any atom is 0.223 e. The van der Waals surface area contributed by atoms with Crippen molar-refractivity contribution in [2.45, 2.75) is 6.92 Å². The van der Waals surface area contributed by atoms with Crippen LogP contribution in [-0.2, 0) is 4.79 Å². The average Bonchev–Trinajstić information content (AvgIpc) is 2.07. The van der Waals surface area contributed by atoms with Gasteiger partial charge in [0.1, 0.15) is 5.82 Å². The summed E-state index contributed by atoms with van der Waals surface area (Å²) in [6, 6.07) is 5.49. The second-order valence-electron chi connectivity index (χ2n) is 2.69. The molecular weight excluding hydrogens is 185 g/mol. The lowest BCUT2D eigenvalue weighted by Crippen LogP contribution is -2.33. The normalized spacial score (nSPS) is 9.29. The van der Waals surface area contributed by atoms with Crippen LogP contribution in [0.15, 0.2) is 24.3 Å². The Balaban J connectivity index is 2.56.